The van der Waals surface area contributed by atoms with Crippen molar-refractivity contribution in [3.8, 4) is 16.9 Å². The molecule has 5 heteroatoms. The lowest BCUT2D eigenvalue weighted by atomic mass is 9.95. The minimum atomic E-state index is -0.0575. The topological polar surface area (TPSA) is 59.8 Å². The SMILES string of the molecule is O=C(NC1CCCCC1)c1cn(-c2ccccc2)nc1-c1cccnc1. The number of aromatic nitrogens is 3. The van der Waals surface area contributed by atoms with Crippen LogP contribution in [0.4, 0.5) is 0 Å². The summed E-state index contributed by atoms with van der Waals surface area (Å²) in [5.74, 6) is -0.0575. The fourth-order valence-electron chi connectivity index (χ4n) is 3.48. The Hall–Kier alpha value is -2.95. The number of pyridine rings is 1. The van der Waals surface area contributed by atoms with Gasteiger partial charge in [-0.2, -0.15) is 5.10 Å². The number of carbonyl (C=O) groups excluding carboxylic acids is 1. The summed E-state index contributed by atoms with van der Waals surface area (Å²) in [5, 5.41) is 7.88. The van der Waals surface area contributed by atoms with Crippen molar-refractivity contribution in [2.24, 2.45) is 0 Å². The first-order valence-corrected chi connectivity index (χ1v) is 9.17. The van der Waals surface area contributed by atoms with Crippen molar-refractivity contribution in [2.75, 3.05) is 0 Å². The van der Waals surface area contributed by atoms with Crippen LogP contribution in [0.3, 0.4) is 0 Å². The van der Waals surface area contributed by atoms with E-state index in [-0.39, 0.29) is 11.9 Å². The van der Waals surface area contributed by atoms with Crippen LogP contribution in [0.5, 0.6) is 0 Å². The van der Waals surface area contributed by atoms with Crippen molar-refractivity contribution < 1.29 is 4.79 Å². The van der Waals surface area contributed by atoms with Gasteiger partial charge in [-0.3, -0.25) is 9.78 Å². The van der Waals surface area contributed by atoms with Crippen LogP contribution in [0, 0.1) is 0 Å². The summed E-state index contributed by atoms with van der Waals surface area (Å²) in [6.07, 6.45) is 11.0. The minimum Gasteiger partial charge on any atom is -0.349 e. The van der Waals surface area contributed by atoms with E-state index in [1.807, 2.05) is 48.7 Å². The third kappa shape index (κ3) is 3.52. The van der Waals surface area contributed by atoms with Crippen molar-refractivity contribution in [3.63, 3.8) is 0 Å². The predicted octanol–water partition coefficient (Wildman–Crippen LogP) is 4.00. The Morgan fingerprint density at radius 3 is 2.58 bits per heavy atom. The number of nitrogens with zero attached hydrogens (tertiary/aromatic N) is 3. The number of amides is 1. The molecule has 1 aliphatic rings. The van der Waals surface area contributed by atoms with E-state index in [1.54, 1.807) is 17.1 Å². The van der Waals surface area contributed by atoms with Crippen LogP contribution >= 0.6 is 0 Å². The largest absolute Gasteiger partial charge is 0.349 e. The molecule has 1 aromatic carbocycles. The van der Waals surface area contributed by atoms with Crippen molar-refractivity contribution in [3.05, 3.63) is 66.6 Å². The van der Waals surface area contributed by atoms with Crippen molar-refractivity contribution in [1.29, 1.82) is 0 Å². The lowest BCUT2D eigenvalue weighted by molar-refractivity contribution is 0.0928. The van der Waals surface area contributed by atoms with E-state index in [0.29, 0.717) is 11.3 Å². The number of benzene rings is 1. The monoisotopic (exact) mass is 346 g/mol. The standard InChI is InChI=1S/C21H22N4O/c26-21(23-17-9-3-1-4-10-17)19-15-25(18-11-5-2-6-12-18)24-20(19)16-8-7-13-22-14-16/h2,5-8,11-15,17H,1,3-4,9-10H2,(H,23,26). The Bertz CT molecular complexity index is 868. The number of para-hydroxylation sites is 1. The number of rotatable bonds is 4. The third-order valence-corrected chi connectivity index (χ3v) is 4.85. The van der Waals surface area contributed by atoms with Gasteiger partial charge >= 0.3 is 0 Å². The highest BCUT2D eigenvalue weighted by atomic mass is 16.1. The zero-order chi connectivity index (χ0) is 17.8. The van der Waals surface area contributed by atoms with Crippen LogP contribution < -0.4 is 5.32 Å². The fourth-order valence-corrected chi connectivity index (χ4v) is 3.48. The predicted molar refractivity (Wildman–Crippen MR) is 101 cm³/mol. The van der Waals surface area contributed by atoms with Gasteiger partial charge in [0.2, 0.25) is 0 Å². The molecule has 1 N–H and O–H groups in total. The molecule has 1 fully saturated rings. The quantitative estimate of drug-likeness (QED) is 0.777. The van der Waals surface area contributed by atoms with Crippen molar-refractivity contribution in [1.82, 2.24) is 20.1 Å². The maximum absolute atomic E-state index is 13.0. The number of nitrogens with one attached hydrogen (secondary N) is 1. The summed E-state index contributed by atoms with van der Waals surface area (Å²) in [4.78, 5) is 17.1. The van der Waals surface area contributed by atoms with Crippen molar-refractivity contribution >= 4 is 5.91 Å². The normalized spacial score (nSPS) is 14.9. The molecule has 5 nitrogen and oxygen atoms in total. The van der Waals surface area contributed by atoms with Crippen LogP contribution in [-0.2, 0) is 0 Å². The molecule has 0 aliphatic heterocycles. The molecule has 4 rings (SSSR count). The molecule has 2 aromatic heterocycles. The lowest BCUT2D eigenvalue weighted by Crippen LogP contribution is -2.36. The second-order valence-electron chi connectivity index (χ2n) is 6.72. The van der Waals surface area contributed by atoms with Gasteiger partial charge in [0.15, 0.2) is 0 Å². The Labute approximate surface area is 153 Å². The number of hydrogen-bond acceptors (Lipinski definition) is 3. The second-order valence-corrected chi connectivity index (χ2v) is 6.72. The summed E-state index contributed by atoms with van der Waals surface area (Å²) in [6, 6.07) is 13.9. The first-order valence-electron chi connectivity index (χ1n) is 9.17. The summed E-state index contributed by atoms with van der Waals surface area (Å²) >= 11 is 0. The van der Waals surface area contributed by atoms with E-state index in [0.717, 1.165) is 24.1 Å². The molecule has 1 amide bonds. The summed E-state index contributed by atoms with van der Waals surface area (Å²) in [6.45, 7) is 0. The highest BCUT2D eigenvalue weighted by Crippen LogP contribution is 2.24. The van der Waals surface area contributed by atoms with Crippen molar-refractivity contribution in [2.45, 2.75) is 38.1 Å². The summed E-state index contributed by atoms with van der Waals surface area (Å²) in [7, 11) is 0. The molecule has 3 aromatic rings. The number of carbonyl (C=O) groups is 1. The van der Waals surface area contributed by atoms with Gasteiger partial charge in [-0.05, 0) is 37.1 Å². The highest BCUT2D eigenvalue weighted by molar-refractivity contribution is 6.00. The lowest BCUT2D eigenvalue weighted by Gasteiger charge is -2.22. The molecule has 0 radical (unpaired) electrons. The summed E-state index contributed by atoms with van der Waals surface area (Å²) < 4.78 is 1.76. The Kier molecular flexibility index (Phi) is 4.78. The molecule has 0 bridgehead atoms. The van der Waals surface area contributed by atoms with Gasteiger partial charge in [0, 0.05) is 30.2 Å². The van der Waals surface area contributed by atoms with E-state index >= 15 is 0 Å². The molecular formula is C21H22N4O. The maximum atomic E-state index is 13.0. The molecule has 0 atom stereocenters. The highest BCUT2D eigenvalue weighted by Gasteiger charge is 2.22. The molecule has 26 heavy (non-hydrogen) atoms. The van der Waals surface area contributed by atoms with E-state index in [1.165, 1.54) is 19.3 Å². The van der Waals surface area contributed by atoms with Gasteiger partial charge in [0.1, 0.15) is 5.69 Å². The van der Waals surface area contributed by atoms with Gasteiger partial charge < -0.3 is 5.32 Å². The molecule has 132 valence electrons. The zero-order valence-corrected chi connectivity index (χ0v) is 14.6. The van der Waals surface area contributed by atoms with Gasteiger partial charge in [0.05, 0.1) is 11.3 Å². The molecule has 0 spiro atoms. The van der Waals surface area contributed by atoms with Gasteiger partial charge in [-0.15, -0.1) is 0 Å². The smallest absolute Gasteiger partial charge is 0.255 e. The van der Waals surface area contributed by atoms with Crippen LogP contribution in [0.15, 0.2) is 61.1 Å². The Morgan fingerprint density at radius 1 is 1.04 bits per heavy atom. The van der Waals surface area contributed by atoms with Crippen LogP contribution in [0.2, 0.25) is 0 Å². The minimum absolute atomic E-state index is 0.0575. The Balaban J connectivity index is 1.69. The Morgan fingerprint density at radius 2 is 1.85 bits per heavy atom. The average molecular weight is 346 g/mol. The van der Waals surface area contributed by atoms with Crippen LogP contribution in [0.1, 0.15) is 42.5 Å². The van der Waals surface area contributed by atoms with Gasteiger partial charge in [0.25, 0.3) is 5.91 Å². The van der Waals surface area contributed by atoms with Gasteiger partial charge in [-0.1, -0.05) is 37.5 Å². The molecule has 1 aliphatic carbocycles. The van der Waals surface area contributed by atoms with E-state index in [9.17, 15) is 4.79 Å². The molecule has 1 saturated carbocycles. The number of hydrogen-bond donors (Lipinski definition) is 1. The fraction of sp³-hybridized carbons (Fsp3) is 0.286. The van der Waals surface area contributed by atoms with Gasteiger partial charge in [-0.25, -0.2) is 4.68 Å². The summed E-state index contributed by atoms with van der Waals surface area (Å²) in [5.41, 5.74) is 3.02. The first-order chi connectivity index (χ1) is 12.8. The average Bonchev–Trinajstić information content (AvgIpc) is 3.16. The molecular weight excluding hydrogens is 324 g/mol. The second kappa shape index (κ2) is 7.52. The molecule has 2 heterocycles. The van der Waals surface area contributed by atoms with Crippen LogP contribution in [-0.4, -0.2) is 26.7 Å². The zero-order valence-electron chi connectivity index (χ0n) is 14.6. The van der Waals surface area contributed by atoms with E-state index < -0.39 is 0 Å². The third-order valence-electron chi connectivity index (χ3n) is 4.85. The van der Waals surface area contributed by atoms with E-state index in [2.05, 4.69) is 15.4 Å². The maximum Gasteiger partial charge on any atom is 0.255 e. The molecule has 0 saturated heterocycles. The first kappa shape index (κ1) is 16.5. The van der Waals surface area contributed by atoms with E-state index in [4.69, 9.17) is 0 Å². The molecule has 0 unspecified atom stereocenters. The van der Waals surface area contributed by atoms with Crippen LogP contribution in [0.25, 0.3) is 16.9 Å².